The van der Waals surface area contributed by atoms with Crippen LogP contribution in [0, 0.1) is 19.8 Å². The van der Waals surface area contributed by atoms with Crippen LogP contribution in [0.1, 0.15) is 24.1 Å². The zero-order valence-electron chi connectivity index (χ0n) is 18.4. The highest BCUT2D eigenvalue weighted by Gasteiger charge is 2.29. The molecule has 2 saturated heterocycles. The first-order chi connectivity index (χ1) is 15.1. The number of aromatic nitrogens is 2. The van der Waals surface area contributed by atoms with Crippen LogP contribution in [0.15, 0.2) is 42.6 Å². The van der Waals surface area contributed by atoms with Gasteiger partial charge in [-0.3, -0.25) is 4.79 Å². The Kier molecular flexibility index (Phi) is 5.40. The molecule has 2 aliphatic rings. The number of piperazine rings is 1. The van der Waals surface area contributed by atoms with Gasteiger partial charge in [-0.25, -0.2) is 4.98 Å². The Morgan fingerprint density at radius 2 is 1.81 bits per heavy atom. The SMILES string of the molecule is Cc1ccc(N2CCN(C(=O)C3CCOCC3)CC2)cc1-c1nc2ccccn2c1C. The first-order valence-corrected chi connectivity index (χ1v) is 11.3. The van der Waals surface area contributed by atoms with Crippen LogP contribution < -0.4 is 4.90 Å². The summed E-state index contributed by atoms with van der Waals surface area (Å²) in [4.78, 5) is 22.2. The van der Waals surface area contributed by atoms with Crippen LogP contribution in [0.2, 0.25) is 0 Å². The molecular formula is C25H30N4O2. The lowest BCUT2D eigenvalue weighted by molar-refractivity contribution is -0.138. The second kappa shape index (κ2) is 8.35. The molecule has 6 heteroatoms. The van der Waals surface area contributed by atoms with E-state index < -0.39 is 0 Å². The summed E-state index contributed by atoms with van der Waals surface area (Å²) in [6.07, 6.45) is 3.78. The summed E-state index contributed by atoms with van der Waals surface area (Å²) >= 11 is 0. The number of fused-ring (bicyclic) bond motifs is 1. The fraction of sp³-hybridized carbons (Fsp3) is 0.440. The maximum absolute atomic E-state index is 12.8. The van der Waals surface area contributed by atoms with Gasteiger partial charge in [0.05, 0.1) is 5.69 Å². The molecule has 2 fully saturated rings. The standard InChI is InChI=1S/C25H30N4O2/c1-18-6-7-21(17-22(18)24-19(2)29-10-4-3-5-23(29)26-24)27-11-13-28(14-12-27)25(30)20-8-15-31-16-9-20/h3-7,10,17,20H,8-9,11-16H2,1-2H3. The molecule has 1 aromatic carbocycles. The number of rotatable bonds is 3. The zero-order chi connectivity index (χ0) is 21.4. The zero-order valence-corrected chi connectivity index (χ0v) is 18.4. The third-order valence-corrected chi connectivity index (χ3v) is 6.77. The molecule has 1 amide bonds. The van der Waals surface area contributed by atoms with Gasteiger partial charge in [-0.2, -0.15) is 0 Å². The predicted molar refractivity (Wildman–Crippen MR) is 122 cm³/mol. The summed E-state index contributed by atoms with van der Waals surface area (Å²) in [6.45, 7) is 8.99. The van der Waals surface area contributed by atoms with Crippen molar-refractivity contribution in [2.45, 2.75) is 26.7 Å². The van der Waals surface area contributed by atoms with Crippen molar-refractivity contribution >= 4 is 17.2 Å². The van der Waals surface area contributed by atoms with Crippen molar-refractivity contribution in [2.24, 2.45) is 5.92 Å². The van der Waals surface area contributed by atoms with Crippen LogP contribution in [0.5, 0.6) is 0 Å². The minimum atomic E-state index is 0.143. The van der Waals surface area contributed by atoms with Crippen molar-refractivity contribution in [1.82, 2.24) is 14.3 Å². The number of carbonyl (C=O) groups excluding carboxylic acids is 1. The Hall–Kier alpha value is -2.86. The van der Waals surface area contributed by atoms with E-state index in [-0.39, 0.29) is 5.92 Å². The molecule has 0 bridgehead atoms. The minimum absolute atomic E-state index is 0.143. The number of hydrogen-bond donors (Lipinski definition) is 0. The van der Waals surface area contributed by atoms with Crippen LogP contribution >= 0.6 is 0 Å². The smallest absolute Gasteiger partial charge is 0.225 e. The molecule has 0 unspecified atom stereocenters. The summed E-state index contributed by atoms with van der Waals surface area (Å²) < 4.78 is 7.55. The van der Waals surface area contributed by atoms with Crippen LogP contribution in [0.4, 0.5) is 5.69 Å². The monoisotopic (exact) mass is 418 g/mol. The topological polar surface area (TPSA) is 50.1 Å². The summed E-state index contributed by atoms with van der Waals surface area (Å²) in [6, 6.07) is 12.8. The highest BCUT2D eigenvalue weighted by atomic mass is 16.5. The molecule has 0 spiro atoms. The number of amides is 1. The molecule has 2 aliphatic heterocycles. The lowest BCUT2D eigenvalue weighted by atomic mass is 9.98. The van der Waals surface area contributed by atoms with E-state index in [1.54, 1.807) is 0 Å². The van der Waals surface area contributed by atoms with Crippen molar-refractivity contribution < 1.29 is 9.53 Å². The number of nitrogens with zero attached hydrogens (tertiary/aromatic N) is 4. The average molecular weight is 419 g/mol. The third-order valence-electron chi connectivity index (χ3n) is 6.77. The fourth-order valence-corrected chi connectivity index (χ4v) is 4.82. The summed E-state index contributed by atoms with van der Waals surface area (Å²) in [7, 11) is 0. The van der Waals surface area contributed by atoms with Gasteiger partial charge in [0.25, 0.3) is 0 Å². The molecule has 0 N–H and O–H groups in total. The van der Waals surface area contributed by atoms with E-state index in [2.05, 4.69) is 47.5 Å². The Morgan fingerprint density at radius 1 is 1.03 bits per heavy atom. The van der Waals surface area contributed by atoms with E-state index in [0.717, 1.165) is 56.1 Å². The van der Waals surface area contributed by atoms with Gasteiger partial charge in [0.15, 0.2) is 0 Å². The van der Waals surface area contributed by atoms with Gasteiger partial charge in [-0.1, -0.05) is 12.1 Å². The van der Waals surface area contributed by atoms with Crippen LogP contribution in [-0.2, 0) is 9.53 Å². The quantitative estimate of drug-likeness (QED) is 0.651. The molecule has 5 rings (SSSR count). The van der Waals surface area contributed by atoms with Crippen LogP contribution in [0.3, 0.4) is 0 Å². The number of benzene rings is 1. The minimum Gasteiger partial charge on any atom is -0.381 e. The van der Waals surface area contributed by atoms with Gasteiger partial charge in [0.2, 0.25) is 5.91 Å². The number of aryl methyl sites for hydroxylation is 2. The Balaban J connectivity index is 1.34. The van der Waals surface area contributed by atoms with E-state index in [1.807, 2.05) is 23.1 Å². The van der Waals surface area contributed by atoms with Crippen LogP contribution in [-0.4, -0.2) is 59.6 Å². The first-order valence-electron chi connectivity index (χ1n) is 11.3. The largest absolute Gasteiger partial charge is 0.381 e. The fourth-order valence-electron chi connectivity index (χ4n) is 4.82. The average Bonchev–Trinajstić information content (AvgIpc) is 3.16. The van der Waals surface area contributed by atoms with Crippen molar-refractivity contribution in [2.75, 3.05) is 44.3 Å². The lowest BCUT2D eigenvalue weighted by Crippen LogP contribution is -2.51. The Morgan fingerprint density at radius 3 is 2.55 bits per heavy atom. The summed E-state index contributed by atoms with van der Waals surface area (Å²) in [5.41, 5.74) is 6.78. The van der Waals surface area contributed by atoms with Gasteiger partial charge in [-0.05, 0) is 56.5 Å². The van der Waals surface area contributed by atoms with Crippen LogP contribution in [0.25, 0.3) is 16.9 Å². The predicted octanol–water partition coefficient (Wildman–Crippen LogP) is 3.69. The van der Waals surface area contributed by atoms with Crippen molar-refractivity contribution in [3.05, 3.63) is 53.9 Å². The Bertz CT molecular complexity index is 1090. The maximum Gasteiger partial charge on any atom is 0.225 e. The normalized spacial score (nSPS) is 18.0. The van der Waals surface area contributed by atoms with Gasteiger partial charge < -0.3 is 18.9 Å². The van der Waals surface area contributed by atoms with E-state index in [9.17, 15) is 4.79 Å². The Labute approximate surface area is 183 Å². The van der Waals surface area contributed by atoms with Crippen molar-refractivity contribution in [1.29, 1.82) is 0 Å². The van der Waals surface area contributed by atoms with Crippen molar-refractivity contribution in [3.63, 3.8) is 0 Å². The molecule has 4 heterocycles. The molecule has 3 aromatic rings. The molecule has 162 valence electrons. The van der Waals surface area contributed by atoms with Gasteiger partial charge in [0, 0.05) is 68.5 Å². The third kappa shape index (κ3) is 3.81. The van der Waals surface area contributed by atoms with Crippen molar-refractivity contribution in [3.8, 4) is 11.3 Å². The second-order valence-electron chi connectivity index (χ2n) is 8.67. The molecule has 0 saturated carbocycles. The van der Waals surface area contributed by atoms with Gasteiger partial charge >= 0.3 is 0 Å². The number of pyridine rings is 1. The van der Waals surface area contributed by atoms with E-state index in [4.69, 9.17) is 9.72 Å². The maximum atomic E-state index is 12.8. The number of anilines is 1. The van der Waals surface area contributed by atoms with Gasteiger partial charge in [-0.15, -0.1) is 0 Å². The molecule has 0 aliphatic carbocycles. The summed E-state index contributed by atoms with van der Waals surface area (Å²) in [5, 5.41) is 0. The molecule has 31 heavy (non-hydrogen) atoms. The highest BCUT2D eigenvalue weighted by molar-refractivity contribution is 5.79. The molecule has 0 atom stereocenters. The molecular weight excluding hydrogens is 388 g/mol. The lowest BCUT2D eigenvalue weighted by Gasteiger charge is -2.38. The molecule has 6 nitrogen and oxygen atoms in total. The van der Waals surface area contributed by atoms with E-state index in [0.29, 0.717) is 19.1 Å². The van der Waals surface area contributed by atoms with Gasteiger partial charge in [0.1, 0.15) is 5.65 Å². The first kappa shape index (κ1) is 20.1. The molecule has 2 aromatic heterocycles. The number of carbonyl (C=O) groups is 1. The highest BCUT2D eigenvalue weighted by Crippen LogP contribution is 2.31. The summed E-state index contributed by atoms with van der Waals surface area (Å²) in [5.74, 6) is 0.456. The van der Waals surface area contributed by atoms with E-state index in [1.165, 1.54) is 16.8 Å². The van der Waals surface area contributed by atoms with E-state index >= 15 is 0 Å². The number of hydrogen-bond acceptors (Lipinski definition) is 4. The number of ether oxygens (including phenoxy) is 1. The second-order valence-corrected chi connectivity index (χ2v) is 8.67. The number of imidazole rings is 1. The molecule has 0 radical (unpaired) electrons.